The van der Waals surface area contributed by atoms with E-state index in [-0.39, 0.29) is 18.0 Å². The molecular weight excluding hydrogens is 394 g/mol. The molecule has 0 spiro atoms. The highest BCUT2D eigenvalue weighted by atomic mass is 16.2. The molecule has 2 unspecified atom stereocenters. The number of anilines is 1. The predicted molar refractivity (Wildman–Crippen MR) is 113 cm³/mol. The van der Waals surface area contributed by atoms with Gasteiger partial charge in [-0.15, -0.1) is 0 Å². The summed E-state index contributed by atoms with van der Waals surface area (Å²) in [7, 11) is 1.87. The standard InChI is InChI=1S/C21H21N9O/c1-28-12-15-2-3-17(20(28)31)30(15)21-23-9-16-19(25-21)18(27-26-16)14-8-24-29(11-14)10-13-4-6-22-7-5-13/h4-9,11,15,17H,2-3,10,12H2,1H3,(H,26,27). The van der Waals surface area contributed by atoms with Crippen molar-refractivity contribution in [3.8, 4) is 11.3 Å². The van der Waals surface area contributed by atoms with E-state index in [1.165, 1.54) is 0 Å². The molecule has 6 rings (SSSR count). The lowest BCUT2D eigenvalue weighted by Crippen LogP contribution is -2.56. The van der Waals surface area contributed by atoms with Crippen molar-refractivity contribution in [1.82, 2.24) is 39.8 Å². The maximum atomic E-state index is 12.6. The van der Waals surface area contributed by atoms with Gasteiger partial charge in [0, 0.05) is 37.7 Å². The van der Waals surface area contributed by atoms with Gasteiger partial charge in [0.15, 0.2) is 0 Å². The van der Waals surface area contributed by atoms with Crippen LogP contribution in [0.15, 0.2) is 43.1 Å². The van der Waals surface area contributed by atoms with Crippen LogP contribution < -0.4 is 4.90 Å². The number of hydrogen-bond donors (Lipinski definition) is 1. The monoisotopic (exact) mass is 415 g/mol. The quantitative estimate of drug-likeness (QED) is 0.538. The van der Waals surface area contributed by atoms with Gasteiger partial charge in [-0.2, -0.15) is 10.2 Å². The number of nitrogens with one attached hydrogen (secondary N) is 1. The van der Waals surface area contributed by atoms with Crippen LogP contribution in [-0.2, 0) is 11.3 Å². The summed E-state index contributed by atoms with van der Waals surface area (Å²) in [4.78, 5) is 30.0. The van der Waals surface area contributed by atoms with Crippen LogP contribution in [0.4, 0.5) is 5.95 Å². The molecule has 31 heavy (non-hydrogen) atoms. The van der Waals surface area contributed by atoms with Crippen molar-refractivity contribution in [2.75, 3.05) is 18.5 Å². The van der Waals surface area contributed by atoms with E-state index in [4.69, 9.17) is 4.98 Å². The summed E-state index contributed by atoms with van der Waals surface area (Å²) >= 11 is 0. The number of piperazine rings is 1. The van der Waals surface area contributed by atoms with Crippen LogP contribution in [0.3, 0.4) is 0 Å². The Labute approximate surface area is 177 Å². The van der Waals surface area contributed by atoms with Gasteiger partial charge in [0.05, 0.1) is 25.0 Å². The van der Waals surface area contributed by atoms with Gasteiger partial charge in [0.25, 0.3) is 0 Å². The molecule has 0 saturated carbocycles. The van der Waals surface area contributed by atoms with Crippen molar-refractivity contribution in [3.05, 3.63) is 48.7 Å². The normalized spacial score (nSPS) is 20.7. The van der Waals surface area contributed by atoms with Gasteiger partial charge in [-0.3, -0.25) is 19.6 Å². The molecule has 6 heterocycles. The van der Waals surface area contributed by atoms with Gasteiger partial charge < -0.3 is 9.80 Å². The number of likely N-dealkylation sites (tertiary alicyclic amines) is 1. The van der Waals surface area contributed by atoms with Crippen molar-refractivity contribution in [2.45, 2.75) is 31.5 Å². The van der Waals surface area contributed by atoms with E-state index >= 15 is 0 Å². The Balaban J connectivity index is 1.34. The number of nitrogens with zero attached hydrogens (tertiary/aromatic N) is 8. The number of H-pyrrole nitrogens is 1. The molecule has 2 fully saturated rings. The first kappa shape index (κ1) is 18.0. The number of rotatable bonds is 4. The van der Waals surface area contributed by atoms with E-state index in [1.54, 1.807) is 24.8 Å². The smallest absolute Gasteiger partial charge is 0.245 e. The van der Waals surface area contributed by atoms with Crippen LogP contribution in [0.25, 0.3) is 22.3 Å². The zero-order valence-corrected chi connectivity index (χ0v) is 17.0. The third kappa shape index (κ3) is 2.94. The fourth-order valence-corrected chi connectivity index (χ4v) is 4.64. The van der Waals surface area contributed by atoms with Gasteiger partial charge in [-0.25, -0.2) is 9.97 Å². The van der Waals surface area contributed by atoms with E-state index in [0.717, 1.165) is 40.7 Å². The minimum Gasteiger partial charge on any atom is -0.342 e. The molecule has 2 saturated heterocycles. The van der Waals surface area contributed by atoms with E-state index in [9.17, 15) is 4.79 Å². The highest BCUT2D eigenvalue weighted by Gasteiger charge is 2.45. The maximum absolute atomic E-state index is 12.6. The summed E-state index contributed by atoms with van der Waals surface area (Å²) in [5.41, 5.74) is 4.22. The molecule has 4 aromatic rings. The molecule has 0 aromatic carbocycles. The van der Waals surface area contributed by atoms with Crippen LogP contribution in [0.2, 0.25) is 0 Å². The molecule has 0 radical (unpaired) electrons. The Morgan fingerprint density at radius 1 is 1.19 bits per heavy atom. The molecule has 0 aliphatic carbocycles. The Hall–Kier alpha value is -3.82. The highest BCUT2D eigenvalue weighted by Crippen LogP contribution is 2.34. The second-order valence-electron chi connectivity index (χ2n) is 8.16. The predicted octanol–water partition coefficient (Wildman–Crippen LogP) is 1.47. The number of amides is 1. The molecule has 2 bridgehead atoms. The SMILES string of the molecule is CN1CC2CCC(C1=O)N2c1ncc2[nH]nc(-c3cnn(Cc4ccncc4)c3)c2n1. The van der Waals surface area contributed by atoms with Crippen molar-refractivity contribution >= 4 is 22.9 Å². The first-order valence-electron chi connectivity index (χ1n) is 10.3. The summed E-state index contributed by atoms with van der Waals surface area (Å²) in [5.74, 6) is 0.732. The second-order valence-corrected chi connectivity index (χ2v) is 8.16. The van der Waals surface area contributed by atoms with Crippen LogP contribution in [0.1, 0.15) is 18.4 Å². The molecular formula is C21H21N9O. The molecule has 4 aromatic heterocycles. The van der Waals surface area contributed by atoms with Gasteiger partial charge in [-0.1, -0.05) is 0 Å². The number of aromatic nitrogens is 7. The zero-order valence-electron chi connectivity index (χ0n) is 17.0. The topological polar surface area (TPSA) is 109 Å². The fourth-order valence-electron chi connectivity index (χ4n) is 4.64. The summed E-state index contributed by atoms with van der Waals surface area (Å²) in [6.07, 6.45) is 10.9. The average Bonchev–Trinajstić information content (AvgIpc) is 3.49. The number of pyridine rings is 1. The largest absolute Gasteiger partial charge is 0.342 e. The van der Waals surface area contributed by atoms with E-state index < -0.39 is 0 Å². The van der Waals surface area contributed by atoms with Crippen LogP contribution in [0, 0.1) is 0 Å². The Morgan fingerprint density at radius 2 is 2.06 bits per heavy atom. The molecule has 2 aliphatic rings. The van der Waals surface area contributed by atoms with Crippen LogP contribution in [-0.4, -0.2) is 71.4 Å². The van der Waals surface area contributed by atoms with Gasteiger partial charge in [-0.05, 0) is 30.5 Å². The summed E-state index contributed by atoms with van der Waals surface area (Å²) in [6, 6.07) is 4.01. The van der Waals surface area contributed by atoms with Crippen molar-refractivity contribution in [2.24, 2.45) is 0 Å². The Morgan fingerprint density at radius 3 is 2.94 bits per heavy atom. The summed E-state index contributed by atoms with van der Waals surface area (Å²) in [5, 5.41) is 12.0. The van der Waals surface area contributed by atoms with Crippen LogP contribution >= 0.6 is 0 Å². The summed E-state index contributed by atoms with van der Waals surface area (Å²) in [6.45, 7) is 1.36. The highest BCUT2D eigenvalue weighted by molar-refractivity contribution is 5.91. The van der Waals surface area contributed by atoms with E-state index in [2.05, 4.69) is 30.2 Å². The molecule has 10 nitrogen and oxygen atoms in total. The number of likely N-dealkylation sites (N-methyl/N-ethyl adjacent to an activating group) is 1. The lowest BCUT2D eigenvalue weighted by atomic mass is 10.2. The second kappa shape index (κ2) is 6.86. The van der Waals surface area contributed by atoms with Crippen molar-refractivity contribution in [3.63, 3.8) is 0 Å². The average molecular weight is 415 g/mol. The lowest BCUT2D eigenvalue weighted by molar-refractivity contribution is -0.132. The zero-order chi connectivity index (χ0) is 20.9. The van der Waals surface area contributed by atoms with Crippen LogP contribution in [0.5, 0.6) is 0 Å². The lowest BCUT2D eigenvalue weighted by Gasteiger charge is -2.38. The fraction of sp³-hybridized carbons (Fsp3) is 0.333. The molecule has 1 amide bonds. The van der Waals surface area contributed by atoms with Gasteiger partial charge in [0.1, 0.15) is 22.8 Å². The molecule has 2 aliphatic heterocycles. The van der Waals surface area contributed by atoms with Gasteiger partial charge in [0.2, 0.25) is 11.9 Å². The Kier molecular flexibility index (Phi) is 3.98. The van der Waals surface area contributed by atoms with E-state index in [1.807, 2.05) is 35.0 Å². The minimum absolute atomic E-state index is 0.141. The van der Waals surface area contributed by atoms with Gasteiger partial charge >= 0.3 is 0 Å². The molecule has 156 valence electrons. The van der Waals surface area contributed by atoms with E-state index in [0.29, 0.717) is 19.0 Å². The molecule has 10 heteroatoms. The molecule has 2 atom stereocenters. The van der Waals surface area contributed by atoms with Crippen molar-refractivity contribution < 1.29 is 4.79 Å². The first-order chi connectivity index (χ1) is 15.2. The maximum Gasteiger partial charge on any atom is 0.245 e. The number of carbonyl (C=O) groups is 1. The third-order valence-corrected chi connectivity index (χ3v) is 6.17. The summed E-state index contributed by atoms with van der Waals surface area (Å²) < 4.78 is 1.87. The minimum atomic E-state index is -0.181. The Bertz CT molecular complexity index is 1260. The number of aromatic amines is 1. The number of hydrogen-bond acceptors (Lipinski definition) is 7. The number of fused-ring (bicyclic) bond motifs is 3. The number of carbonyl (C=O) groups excluding carboxylic acids is 1. The third-order valence-electron chi connectivity index (χ3n) is 6.17. The first-order valence-corrected chi connectivity index (χ1v) is 10.3. The van der Waals surface area contributed by atoms with Crippen molar-refractivity contribution in [1.29, 1.82) is 0 Å². The molecule has 1 N–H and O–H groups in total.